The molecule has 0 atom stereocenters. The van der Waals surface area contributed by atoms with Gasteiger partial charge in [-0.25, -0.2) is 0 Å². The third kappa shape index (κ3) is 0.916. The van der Waals surface area contributed by atoms with Crippen molar-refractivity contribution in [3.8, 4) is 0 Å². The summed E-state index contributed by atoms with van der Waals surface area (Å²) in [5.74, 6) is 0.854. The molecule has 1 nitrogen and oxygen atoms in total. The van der Waals surface area contributed by atoms with Crippen LogP contribution in [-0.4, -0.2) is 11.3 Å². The molecule has 0 heterocycles. The van der Waals surface area contributed by atoms with E-state index in [9.17, 15) is 0 Å². The van der Waals surface area contributed by atoms with Crippen LogP contribution in [0.1, 0.15) is 19.3 Å². The van der Waals surface area contributed by atoms with Crippen molar-refractivity contribution in [1.29, 1.82) is 0 Å². The first-order valence-corrected chi connectivity index (χ1v) is 3.30. The minimum absolute atomic E-state index is 0.128. The van der Waals surface area contributed by atoms with E-state index < -0.39 is 0 Å². The number of thiol groups is 1. The van der Waals surface area contributed by atoms with Gasteiger partial charge in [-0.1, -0.05) is 0 Å². The van der Waals surface area contributed by atoms with Gasteiger partial charge in [-0.15, -0.1) is 0 Å². The Morgan fingerprint density at radius 3 is 2.14 bits per heavy atom. The monoisotopic (exact) mass is 117 g/mol. The van der Waals surface area contributed by atoms with E-state index in [1.54, 1.807) is 0 Å². The van der Waals surface area contributed by atoms with Crippen molar-refractivity contribution in [3.05, 3.63) is 0 Å². The fourth-order valence-electron chi connectivity index (χ4n) is 0.789. The normalized spacial score (nSPS) is 26.6. The van der Waals surface area contributed by atoms with Crippen LogP contribution in [0.2, 0.25) is 0 Å². The quantitative estimate of drug-likeness (QED) is 0.488. The Labute approximate surface area is 49.7 Å². The third-order valence-corrected chi connectivity index (χ3v) is 2.29. The van der Waals surface area contributed by atoms with Crippen molar-refractivity contribution in [1.82, 2.24) is 0 Å². The second-order valence-corrected chi connectivity index (χ2v) is 2.69. The van der Waals surface area contributed by atoms with Crippen LogP contribution in [-0.2, 0) is 0 Å². The number of nitrogens with two attached hydrogens (primary N) is 1. The van der Waals surface area contributed by atoms with E-state index in [-0.39, 0.29) is 5.54 Å². The van der Waals surface area contributed by atoms with E-state index in [0.717, 1.165) is 5.75 Å². The van der Waals surface area contributed by atoms with Crippen LogP contribution in [0.5, 0.6) is 0 Å². The molecule has 0 radical (unpaired) electrons. The van der Waals surface area contributed by atoms with Crippen LogP contribution >= 0.6 is 12.6 Å². The van der Waals surface area contributed by atoms with Crippen molar-refractivity contribution < 1.29 is 0 Å². The molecule has 0 aromatic carbocycles. The summed E-state index contributed by atoms with van der Waals surface area (Å²) in [7, 11) is 0. The van der Waals surface area contributed by atoms with Gasteiger partial charge < -0.3 is 5.73 Å². The van der Waals surface area contributed by atoms with E-state index in [4.69, 9.17) is 5.73 Å². The Hall–Kier alpha value is 0.310. The van der Waals surface area contributed by atoms with E-state index in [1.807, 2.05) is 0 Å². The topological polar surface area (TPSA) is 26.0 Å². The lowest BCUT2D eigenvalue weighted by atomic mass is 9.79. The molecule has 1 rings (SSSR count). The molecule has 0 spiro atoms. The van der Waals surface area contributed by atoms with Gasteiger partial charge in [-0.3, -0.25) is 0 Å². The van der Waals surface area contributed by atoms with Gasteiger partial charge in [0.15, 0.2) is 0 Å². The maximum Gasteiger partial charge on any atom is 0.0243 e. The Bertz CT molecular complexity index is 63.0. The summed E-state index contributed by atoms with van der Waals surface area (Å²) in [6, 6.07) is 0. The molecule has 1 fully saturated rings. The molecule has 0 aromatic rings. The summed E-state index contributed by atoms with van der Waals surface area (Å²) in [4.78, 5) is 0. The largest absolute Gasteiger partial charge is 0.324 e. The summed E-state index contributed by atoms with van der Waals surface area (Å²) in [5, 5.41) is 0. The zero-order valence-electron chi connectivity index (χ0n) is 4.35. The average molecular weight is 117 g/mol. The van der Waals surface area contributed by atoms with Gasteiger partial charge >= 0.3 is 0 Å². The first kappa shape index (κ1) is 5.45. The lowest BCUT2D eigenvalue weighted by Crippen LogP contribution is -2.48. The average Bonchev–Trinajstić information content (AvgIpc) is 1.61. The third-order valence-electron chi connectivity index (χ3n) is 1.66. The fraction of sp³-hybridized carbons (Fsp3) is 1.00. The van der Waals surface area contributed by atoms with Crippen molar-refractivity contribution in [3.63, 3.8) is 0 Å². The Morgan fingerprint density at radius 1 is 1.57 bits per heavy atom. The van der Waals surface area contributed by atoms with Crippen molar-refractivity contribution in [2.75, 3.05) is 5.75 Å². The highest BCUT2D eigenvalue weighted by Crippen LogP contribution is 2.29. The molecule has 0 saturated heterocycles. The molecule has 1 aliphatic carbocycles. The molecular formula is C5H11NS. The maximum atomic E-state index is 5.73. The summed E-state index contributed by atoms with van der Waals surface area (Å²) in [6.45, 7) is 0. The Balaban J connectivity index is 2.29. The highest BCUT2D eigenvalue weighted by molar-refractivity contribution is 7.80. The number of hydrogen-bond acceptors (Lipinski definition) is 2. The number of hydrogen-bond donors (Lipinski definition) is 2. The number of rotatable bonds is 1. The molecule has 2 N–H and O–H groups in total. The van der Waals surface area contributed by atoms with Crippen molar-refractivity contribution in [2.24, 2.45) is 5.73 Å². The smallest absolute Gasteiger partial charge is 0.0243 e. The molecule has 0 unspecified atom stereocenters. The van der Waals surface area contributed by atoms with Crippen LogP contribution in [0.3, 0.4) is 0 Å². The summed E-state index contributed by atoms with van der Waals surface area (Å²) in [5.41, 5.74) is 5.85. The molecule has 1 saturated carbocycles. The van der Waals surface area contributed by atoms with Crippen LogP contribution in [0, 0.1) is 0 Å². The molecule has 1 aliphatic rings. The standard InChI is InChI=1S/C5H11NS/c6-5(4-7)2-1-3-5/h7H,1-4,6H2. The summed E-state index contributed by atoms with van der Waals surface area (Å²) in [6.07, 6.45) is 3.66. The molecule has 2 heteroatoms. The minimum atomic E-state index is 0.128. The maximum absolute atomic E-state index is 5.73. The van der Waals surface area contributed by atoms with Gasteiger partial charge in [0.05, 0.1) is 0 Å². The molecule has 0 aliphatic heterocycles. The summed E-state index contributed by atoms with van der Waals surface area (Å²) >= 11 is 4.11. The molecule has 0 bridgehead atoms. The highest BCUT2D eigenvalue weighted by Gasteiger charge is 2.30. The first-order valence-electron chi connectivity index (χ1n) is 2.67. The lowest BCUT2D eigenvalue weighted by molar-refractivity contribution is 0.284. The van der Waals surface area contributed by atoms with Gasteiger partial charge in [-0.2, -0.15) is 12.6 Å². The van der Waals surface area contributed by atoms with Gasteiger partial charge in [0.25, 0.3) is 0 Å². The fourth-order valence-corrected chi connectivity index (χ4v) is 1.11. The van der Waals surface area contributed by atoms with E-state index in [0.29, 0.717) is 0 Å². The minimum Gasteiger partial charge on any atom is -0.324 e. The first-order chi connectivity index (χ1) is 3.27. The predicted octanol–water partition coefficient (Wildman–Crippen LogP) is 0.798. The van der Waals surface area contributed by atoms with Gasteiger partial charge in [0.2, 0.25) is 0 Å². The second-order valence-electron chi connectivity index (χ2n) is 2.37. The van der Waals surface area contributed by atoms with Crippen LogP contribution < -0.4 is 5.73 Å². The zero-order valence-corrected chi connectivity index (χ0v) is 5.25. The second kappa shape index (κ2) is 1.67. The van der Waals surface area contributed by atoms with Crippen molar-refractivity contribution >= 4 is 12.6 Å². The Kier molecular flexibility index (Phi) is 1.30. The van der Waals surface area contributed by atoms with Gasteiger partial charge in [0, 0.05) is 11.3 Å². The lowest BCUT2D eigenvalue weighted by Gasteiger charge is -2.36. The predicted molar refractivity (Wildman–Crippen MR) is 34.6 cm³/mol. The van der Waals surface area contributed by atoms with E-state index in [2.05, 4.69) is 12.6 Å². The highest BCUT2D eigenvalue weighted by atomic mass is 32.1. The molecular weight excluding hydrogens is 106 g/mol. The van der Waals surface area contributed by atoms with Gasteiger partial charge in [-0.05, 0) is 19.3 Å². The SMILES string of the molecule is NC1(CS)CCC1. The van der Waals surface area contributed by atoms with Crippen LogP contribution in [0.4, 0.5) is 0 Å². The van der Waals surface area contributed by atoms with Gasteiger partial charge in [0.1, 0.15) is 0 Å². The van der Waals surface area contributed by atoms with E-state index >= 15 is 0 Å². The van der Waals surface area contributed by atoms with E-state index in [1.165, 1.54) is 19.3 Å². The molecule has 42 valence electrons. The zero-order chi connectivity index (χ0) is 5.33. The molecule has 7 heavy (non-hydrogen) atoms. The Morgan fingerprint density at radius 2 is 2.14 bits per heavy atom. The van der Waals surface area contributed by atoms with Crippen molar-refractivity contribution in [2.45, 2.75) is 24.8 Å². The van der Waals surface area contributed by atoms with Crippen LogP contribution in [0.25, 0.3) is 0 Å². The summed E-state index contributed by atoms with van der Waals surface area (Å²) < 4.78 is 0. The van der Waals surface area contributed by atoms with Crippen LogP contribution in [0.15, 0.2) is 0 Å². The molecule has 0 aromatic heterocycles. The molecule has 0 amide bonds.